The number of carbonyl (C=O) groups excluding carboxylic acids is 1. The average Bonchev–Trinajstić information content (AvgIpc) is 3.14. The molecule has 3 rings (SSSR count). The number of benzene rings is 2. The van der Waals surface area contributed by atoms with Gasteiger partial charge in [0.25, 0.3) is 0 Å². The van der Waals surface area contributed by atoms with Gasteiger partial charge in [0.2, 0.25) is 0 Å². The van der Waals surface area contributed by atoms with Crippen LogP contribution in [0.3, 0.4) is 0 Å². The summed E-state index contributed by atoms with van der Waals surface area (Å²) in [4.78, 5) is 12.2. The second kappa shape index (κ2) is 6.26. The maximum atomic E-state index is 12.2. The fourth-order valence-electron chi connectivity index (χ4n) is 2.68. The molecule has 0 bridgehead atoms. The van der Waals surface area contributed by atoms with E-state index < -0.39 is 0 Å². The summed E-state index contributed by atoms with van der Waals surface area (Å²) in [5, 5.41) is 29.0. The van der Waals surface area contributed by atoms with E-state index in [1.54, 1.807) is 18.2 Å². The highest BCUT2D eigenvalue weighted by Crippen LogP contribution is 2.39. The number of ketones is 1. The van der Waals surface area contributed by atoms with Crippen LogP contribution in [-0.2, 0) is 11.2 Å². The lowest BCUT2D eigenvalue weighted by Crippen LogP contribution is -2.06. The number of phenolic OH excluding ortho intramolecular Hbond substituents is 3. The summed E-state index contributed by atoms with van der Waals surface area (Å²) in [6.07, 6.45) is 3.65. The third-order valence-electron chi connectivity index (χ3n) is 4.35. The van der Waals surface area contributed by atoms with E-state index >= 15 is 0 Å². The van der Waals surface area contributed by atoms with E-state index in [1.807, 2.05) is 19.9 Å². The molecule has 0 saturated carbocycles. The van der Waals surface area contributed by atoms with Crippen LogP contribution in [0.5, 0.6) is 17.2 Å². The van der Waals surface area contributed by atoms with Crippen molar-refractivity contribution in [3.05, 3.63) is 59.2 Å². The number of hydrogen-bond donors (Lipinski definition) is 3. The molecule has 2 aromatic carbocycles. The molecule has 0 amide bonds. The molecule has 1 unspecified atom stereocenters. The summed E-state index contributed by atoms with van der Waals surface area (Å²) in [6.45, 7) is 4.00. The van der Waals surface area contributed by atoms with Gasteiger partial charge in [-0.3, -0.25) is 4.79 Å². The first-order valence-electron chi connectivity index (χ1n) is 8.00. The van der Waals surface area contributed by atoms with Gasteiger partial charge in [-0.25, -0.2) is 0 Å². The molecule has 1 heterocycles. The Morgan fingerprint density at radius 1 is 1.12 bits per heavy atom. The monoisotopic (exact) mass is 340 g/mol. The number of rotatable bonds is 5. The third-order valence-corrected chi connectivity index (χ3v) is 4.35. The summed E-state index contributed by atoms with van der Waals surface area (Å²) < 4.78 is 5.55. The molecule has 130 valence electrons. The average molecular weight is 340 g/mol. The molecule has 2 aromatic rings. The highest BCUT2D eigenvalue weighted by Gasteiger charge is 2.47. The fourth-order valence-corrected chi connectivity index (χ4v) is 2.68. The molecule has 0 aliphatic carbocycles. The predicted molar refractivity (Wildman–Crippen MR) is 93.9 cm³/mol. The van der Waals surface area contributed by atoms with E-state index in [0.717, 1.165) is 17.2 Å². The van der Waals surface area contributed by atoms with E-state index in [0.29, 0.717) is 6.42 Å². The SMILES string of the molecule is CC1(C)OC1Cc1cc(C=CC(=O)c2ccc(O)cc2O)ccc1O. The predicted octanol–water partition coefficient (Wildman–Crippen LogP) is 3.42. The number of allylic oxidation sites excluding steroid dienone is 1. The van der Waals surface area contributed by atoms with Crippen LogP contribution in [0.25, 0.3) is 6.08 Å². The van der Waals surface area contributed by atoms with Crippen LogP contribution in [0.1, 0.15) is 35.3 Å². The lowest BCUT2D eigenvalue weighted by Gasteiger charge is -2.05. The van der Waals surface area contributed by atoms with Crippen LogP contribution in [0.15, 0.2) is 42.5 Å². The van der Waals surface area contributed by atoms with Crippen molar-refractivity contribution in [2.24, 2.45) is 0 Å². The molecule has 1 fully saturated rings. The molecule has 25 heavy (non-hydrogen) atoms. The molecular formula is C20H20O5. The van der Waals surface area contributed by atoms with Crippen molar-refractivity contribution in [1.29, 1.82) is 0 Å². The van der Waals surface area contributed by atoms with E-state index in [-0.39, 0.29) is 40.3 Å². The Balaban J connectivity index is 1.76. The van der Waals surface area contributed by atoms with Crippen molar-refractivity contribution >= 4 is 11.9 Å². The van der Waals surface area contributed by atoms with Crippen LogP contribution in [0.4, 0.5) is 0 Å². The normalized spacial score (nSPS) is 18.4. The van der Waals surface area contributed by atoms with Gasteiger partial charge in [0.1, 0.15) is 17.2 Å². The van der Waals surface area contributed by atoms with Gasteiger partial charge < -0.3 is 20.1 Å². The Bertz CT molecular complexity index is 851. The van der Waals surface area contributed by atoms with E-state index in [1.165, 1.54) is 18.2 Å². The molecule has 1 aliphatic heterocycles. The van der Waals surface area contributed by atoms with E-state index in [4.69, 9.17) is 4.74 Å². The Morgan fingerprint density at radius 2 is 1.84 bits per heavy atom. The first-order chi connectivity index (χ1) is 11.8. The minimum atomic E-state index is -0.376. The first kappa shape index (κ1) is 17.0. The summed E-state index contributed by atoms with van der Waals surface area (Å²) in [5.41, 5.74) is 1.47. The lowest BCUT2D eigenvalue weighted by molar-refractivity contribution is 0.104. The van der Waals surface area contributed by atoms with Crippen LogP contribution in [-0.4, -0.2) is 32.8 Å². The number of epoxide rings is 1. The van der Waals surface area contributed by atoms with Gasteiger partial charge >= 0.3 is 0 Å². The van der Waals surface area contributed by atoms with Gasteiger partial charge in [-0.05, 0) is 55.3 Å². The molecule has 0 aromatic heterocycles. The summed E-state index contributed by atoms with van der Waals surface area (Å²) in [7, 11) is 0. The van der Waals surface area contributed by atoms with Crippen LogP contribution in [0, 0.1) is 0 Å². The number of ether oxygens (including phenoxy) is 1. The van der Waals surface area contributed by atoms with E-state index in [9.17, 15) is 20.1 Å². The van der Waals surface area contributed by atoms with Crippen molar-refractivity contribution in [2.45, 2.75) is 32.0 Å². The lowest BCUT2D eigenvalue weighted by atomic mass is 9.99. The Kier molecular flexibility index (Phi) is 4.27. The second-order valence-electron chi connectivity index (χ2n) is 6.70. The smallest absolute Gasteiger partial charge is 0.189 e. The van der Waals surface area contributed by atoms with Gasteiger partial charge in [-0.1, -0.05) is 12.1 Å². The zero-order valence-electron chi connectivity index (χ0n) is 14.1. The minimum Gasteiger partial charge on any atom is -0.508 e. The molecule has 1 atom stereocenters. The second-order valence-corrected chi connectivity index (χ2v) is 6.70. The number of aromatic hydroxyl groups is 3. The number of phenols is 3. The molecule has 5 nitrogen and oxygen atoms in total. The molecule has 3 N–H and O–H groups in total. The van der Waals surface area contributed by atoms with Crippen molar-refractivity contribution in [3.63, 3.8) is 0 Å². The molecule has 1 aliphatic rings. The van der Waals surface area contributed by atoms with Gasteiger partial charge in [0.05, 0.1) is 17.3 Å². The van der Waals surface area contributed by atoms with Crippen molar-refractivity contribution in [2.75, 3.05) is 0 Å². The largest absolute Gasteiger partial charge is 0.508 e. The molecule has 1 saturated heterocycles. The number of hydrogen-bond acceptors (Lipinski definition) is 5. The summed E-state index contributed by atoms with van der Waals surface area (Å²) in [5.74, 6) is -0.551. The number of carbonyl (C=O) groups is 1. The zero-order chi connectivity index (χ0) is 18.2. The summed E-state index contributed by atoms with van der Waals surface area (Å²) >= 11 is 0. The van der Waals surface area contributed by atoms with Crippen molar-refractivity contribution < 1.29 is 24.9 Å². The van der Waals surface area contributed by atoms with Crippen LogP contribution < -0.4 is 0 Å². The highest BCUT2D eigenvalue weighted by molar-refractivity contribution is 6.08. The van der Waals surface area contributed by atoms with Gasteiger partial charge in [-0.15, -0.1) is 0 Å². The quantitative estimate of drug-likeness (QED) is 0.441. The highest BCUT2D eigenvalue weighted by atomic mass is 16.6. The van der Waals surface area contributed by atoms with Crippen LogP contribution in [0.2, 0.25) is 0 Å². The maximum absolute atomic E-state index is 12.2. The molecular weight excluding hydrogens is 320 g/mol. The van der Waals surface area contributed by atoms with Crippen molar-refractivity contribution in [1.82, 2.24) is 0 Å². The Morgan fingerprint density at radius 3 is 2.48 bits per heavy atom. The van der Waals surface area contributed by atoms with E-state index in [2.05, 4.69) is 0 Å². The zero-order valence-corrected chi connectivity index (χ0v) is 14.1. The fraction of sp³-hybridized carbons (Fsp3) is 0.250. The first-order valence-corrected chi connectivity index (χ1v) is 8.00. The molecule has 0 spiro atoms. The molecule has 5 heteroatoms. The summed E-state index contributed by atoms with van der Waals surface area (Å²) in [6, 6.07) is 8.94. The van der Waals surface area contributed by atoms with Gasteiger partial charge in [-0.2, -0.15) is 0 Å². The third kappa shape index (κ3) is 3.83. The van der Waals surface area contributed by atoms with Gasteiger partial charge in [0, 0.05) is 12.5 Å². The maximum Gasteiger partial charge on any atom is 0.189 e. The Hall–Kier alpha value is -2.79. The standard InChI is InChI=1S/C20H20O5/c1-20(2)19(25-20)10-13-9-12(3-7-16(13)22)4-8-17(23)15-6-5-14(21)11-18(15)24/h3-9,11,19,21-22,24H,10H2,1-2H3. The van der Waals surface area contributed by atoms with Crippen molar-refractivity contribution in [3.8, 4) is 17.2 Å². The minimum absolute atomic E-state index is 0.0770. The van der Waals surface area contributed by atoms with Gasteiger partial charge in [0.15, 0.2) is 5.78 Å². The van der Waals surface area contributed by atoms with Crippen LogP contribution >= 0.6 is 0 Å². The Labute approximate surface area is 145 Å². The topological polar surface area (TPSA) is 90.3 Å². The molecule has 0 radical (unpaired) electrons.